The molecule has 2 aliphatic rings. The van der Waals surface area contributed by atoms with Gasteiger partial charge in [-0.3, -0.25) is 4.79 Å². The first kappa shape index (κ1) is 25.2. The number of nitrogens with zero attached hydrogens (tertiary/aromatic N) is 2. The van der Waals surface area contributed by atoms with Gasteiger partial charge in [0.25, 0.3) is 0 Å². The van der Waals surface area contributed by atoms with Crippen molar-refractivity contribution in [2.45, 2.75) is 57.3 Å². The molecule has 192 valence electrons. The Kier molecular flexibility index (Phi) is 7.68. The quantitative estimate of drug-likeness (QED) is 0.391. The van der Waals surface area contributed by atoms with Crippen molar-refractivity contribution >= 4 is 17.4 Å². The number of nitrogens with one attached hydrogen (secondary N) is 1. The summed E-state index contributed by atoms with van der Waals surface area (Å²) in [6, 6.07) is 25.1. The van der Waals surface area contributed by atoms with Crippen LogP contribution in [0.2, 0.25) is 0 Å². The molecule has 1 aliphatic carbocycles. The lowest BCUT2D eigenvalue weighted by atomic mass is 9.83. The Morgan fingerprint density at radius 3 is 2.35 bits per heavy atom. The Morgan fingerprint density at radius 1 is 0.973 bits per heavy atom. The van der Waals surface area contributed by atoms with E-state index >= 15 is 0 Å². The highest BCUT2D eigenvalue weighted by Crippen LogP contribution is 2.39. The molecule has 37 heavy (non-hydrogen) atoms. The minimum absolute atomic E-state index is 0.0337. The fourth-order valence-corrected chi connectivity index (χ4v) is 5.73. The van der Waals surface area contributed by atoms with Gasteiger partial charge in [-0.1, -0.05) is 85.6 Å². The van der Waals surface area contributed by atoms with E-state index in [2.05, 4.69) is 10.3 Å². The highest BCUT2D eigenvalue weighted by atomic mass is 16.3. The third-order valence-corrected chi connectivity index (χ3v) is 7.75. The maximum absolute atomic E-state index is 13.6. The summed E-state index contributed by atoms with van der Waals surface area (Å²) in [5.41, 5.74) is 4.55. The van der Waals surface area contributed by atoms with E-state index in [0.717, 1.165) is 59.5 Å². The maximum atomic E-state index is 13.6. The van der Waals surface area contributed by atoms with Crippen molar-refractivity contribution in [3.05, 3.63) is 101 Å². The molecule has 3 N–H and O–H groups in total. The number of benzene rings is 3. The van der Waals surface area contributed by atoms with Gasteiger partial charge in [-0.05, 0) is 48.4 Å². The summed E-state index contributed by atoms with van der Waals surface area (Å²) < 4.78 is 0. The molecule has 0 aromatic heterocycles. The number of fused-ring (bicyclic) bond motifs is 1. The average Bonchev–Trinajstić information content (AvgIpc) is 3.45. The first-order chi connectivity index (χ1) is 18.0. The van der Waals surface area contributed by atoms with Crippen molar-refractivity contribution in [1.29, 1.82) is 0 Å². The van der Waals surface area contributed by atoms with Gasteiger partial charge in [0.15, 0.2) is 6.23 Å². The SMILES string of the molecule is CC1=Nc2ccccc2C(O)N1Cc1ccc(C(C(=O)N[C@@H](CO)c2ccccc2)C2CCCC2)cc1. The van der Waals surface area contributed by atoms with Crippen LogP contribution >= 0.6 is 0 Å². The maximum Gasteiger partial charge on any atom is 0.228 e. The van der Waals surface area contributed by atoms with Crippen LogP contribution < -0.4 is 5.32 Å². The highest BCUT2D eigenvalue weighted by molar-refractivity contribution is 5.86. The zero-order valence-electron chi connectivity index (χ0n) is 21.3. The summed E-state index contributed by atoms with van der Waals surface area (Å²) in [5, 5.41) is 24.1. The van der Waals surface area contributed by atoms with Gasteiger partial charge < -0.3 is 20.4 Å². The van der Waals surface area contributed by atoms with Gasteiger partial charge in [0, 0.05) is 12.1 Å². The van der Waals surface area contributed by atoms with Crippen molar-refractivity contribution in [3.63, 3.8) is 0 Å². The number of rotatable bonds is 8. The smallest absolute Gasteiger partial charge is 0.228 e. The molecular formula is C31H35N3O3. The summed E-state index contributed by atoms with van der Waals surface area (Å²) in [6.07, 6.45) is 3.59. The molecule has 0 radical (unpaired) electrons. The van der Waals surface area contributed by atoms with Crippen molar-refractivity contribution < 1.29 is 15.0 Å². The summed E-state index contributed by atoms with van der Waals surface area (Å²) in [5.74, 6) is 0.767. The fourth-order valence-electron chi connectivity index (χ4n) is 5.73. The molecule has 3 atom stereocenters. The van der Waals surface area contributed by atoms with E-state index in [-0.39, 0.29) is 24.3 Å². The zero-order valence-corrected chi connectivity index (χ0v) is 21.3. The molecule has 1 fully saturated rings. The second-order valence-electron chi connectivity index (χ2n) is 10.1. The van der Waals surface area contributed by atoms with Crippen LogP contribution in [0.25, 0.3) is 0 Å². The van der Waals surface area contributed by atoms with Crippen LogP contribution in [0.3, 0.4) is 0 Å². The van der Waals surface area contributed by atoms with E-state index in [1.807, 2.05) is 90.7 Å². The number of aliphatic hydroxyl groups excluding tert-OH is 2. The Bertz CT molecular complexity index is 1240. The van der Waals surface area contributed by atoms with E-state index in [0.29, 0.717) is 6.54 Å². The van der Waals surface area contributed by atoms with Crippen LogP contribution in [-0.2, 0) is 11.3 Å². The van der Waals surface area contributed by atoms with Crippen molar-refractivity contribution in [3.8, 4) is 0 Å². The molecule has 1 aliphatic heterocycles. The molecule has 6 heteroatoms. The Hall–Kier alpha value is -3.48. The Balaban J connectivity index is 1.34. The number of hydrogen-bond donors (Lipinski definition) is 3. The summed E-state index contributed by atoms with van der Waals surface area (Å²) in [7, 11) is 0. The molecule has 5 rings (SSSR count). The lowest BCUT2D eigenvalue weighted by Crippen LogP contribution is -2.37. The molecule has 3 aromatic rings. The third-order valence-electron chi connectivity index (χ3n) is 7.75. The second-order valence-corrected chi connectivity index (χ2v) is 10.1. The number of hydrogen-bond acceptors (Lipinski definition) is 5. The van der Waals surface area contributed by atoms with Crippen LogP contribution in [0.4, 0.5) is 5.69 Å². The molecule has 0 saturated heterocycles. The van der Waals surface area contributed by atoms with Crippen LogP contribution in [0, 0.1) is 5.92 Å². The van der Waals surface area contributed by atoms with E-state index < -0.39 is 12.3 Å². The Morgan fingerprint density at radius 2 is 1.65 bits per heavy atom. The van der Waals surface area contributed by atoms with E-state index in [1.54, 1.807) is 0 Å². The summed E-state index contributed by atoms with van der Waals surface area (Å²) in [4.78, 5) is 20.2. The lowest BCUT2D eigenvalue weighted by Gasteiger charge is -2.34. The van der Waals surface area contributed by atoms with E-state index in [9.17, 15) is 15.0 Å². The topological polar surface area (TPSA) is 85.2 Å². The molecule has 0 bridgehead atoms. The largest absolute Gasteiger partial charge is 0.394 e. The summed E-state index contributed by atoms with van der Waals surface area (Å²) >= 11 is 0. The number of amidine groups is 1. The van der Waals surface area contributed by atoms with Gasteiger partial charge in [-0.25, -0.2) is 4.99 Å². The van der Waals surface area contributed by atoms with Crippen molar-refractivity contribution in [2.24, 2.45) is 10.9 Å². The first-order valence-corrected chi connectivity index (χ1v) is 13.2. The predicted molar refractivity (Wildman–Crippen MR) is 145 cm³/mol. The number of carbonyl (C=O) groups excluding carboxylic acids is 1. The normalized spacial score (nSPS) is 19.2. The van der Waals surface area contributed by atoms with Crippen LogP contribution in [-0.4, -0.2) is 33.5 Å². The molecule has 6 nitrogen and oxygen atoms in total. The molecule has 1 heterocycles. The number of carbonyl (C=O) groups is 1. The number of aliphatic imine (C=N–C) groups is 1. The van der Waals surface area contributed by atoms with Crippen LogP contribution in [0.5, 0.6) is 0 Å². The third kappa shape index (κ3) is 5.45. The molecule has 1 amide bonds. The fraction of sp³-hybridized carbons (Fsp3) is 0.355. The molecule has 3 aromatic carbocycles. The minimum Gasteiger partial charge on any atom is -0.394 e. The summed E-state index contributed by atoms with van der Waals surface area (Å²) in [6.45, 7) is 2.29. The van der Waals surface area contributed by atoms with Gasteiger partial charge in [0.1, 0.15) is 5.84 Å². The standard InChI is InChI=1S/C31H35N3O3/c1-21-32-27-14-8-7-13-26(27)31(37)34(21)19-22-15-17-25(18-16-22)29(24-11-5-6-12-24)30(36)33-28(20-35)23-9-3-2-4-10-23/h2-4,7-10,13-18,24,28-29,31,35,37H,5-6,11-12,19-20H2,1H3,(H,33,36)/t28-,29?,31?/m0/s1. The molecule has 2 unspecified atom stereocenters. The molecule has 0 spiro atoms. The van der Waals surface area contributed by atoms with Gasteiger partial charge in [-0.15, -0.1) is 0 Å². The molecule has 1 saturated carbocycles. The lowest BCUT2D eigenvalue weighted by molar-refractivity contribution is -0.124. The predicted octanol–water partition coefficient (Wildman–Crippen LogP) is 5.37. The number of para-hydroxylation sites is 1. The zero-order chi connectivity index (χ0) is 25.8. The van der Waals surface area contributed by atoms with E-state index in [1.165, 1.54) is 0 Å². The van der Waals surface area contributed by atoms with Crippen molar-refractivity contribution in [2.75, 3.05) is 6.61 Å². The number of amides is 1. The molecular weight excluding hydrogens is 462 g/mol. The van der Waals surface area contributed by atoms with Gasteiger partial charge in [0.2, 0.25) is 5.91 Å². The monoisotopic (exact) mass is 497 g/mol. The number of aliphatic hydroxyl groups is 2. The van der Waals surface area contributed by atoms with Gasteiger partial charge in [0.05, 0.1) is 24.3 Å². The van der Waals surface area contributed by atoms with Crippen LogP contribution in [0.15, 0.2) is 83.9 Å². The second kappa shape index (κ2) is 11.3. The van der Waals surface area contributed by atoms with E-state index in [4.69, 9.17) is 0 Å². The first-order valence-electron chi connectivity index (χ1n) is 13.2. The van der Waals surface area contributed by atoms with Crippen LogP contribution in [0.1, 0.15) is 73.0 Å². The van der Waals surface area contributed by atoms with Gasteiger partial charge in [-0.2, -0.15) is 0 Å². The minimum atomic E-state index is -0.751. The average molecular weight is 498 g/mol. The Labute approximate surface area is 218 Å². The highest BCUT2D eigenvalue weighted by Gasteiger charge is 2.33. The van der Waals surface area contributed by atoms with Crippen molar-refractivity contribution in [1.82, 2.24) is 10.2 Å². The van der Waals surface area contributed by atoms with Gasteiger partial charge >= 0.3 is 0 Å².